The van der Waals surface area contributed by atoms with Crippen LogP contribution in [0.2, 0.25) is 0 Å². The molecule has 2 N–H and O–H groups in total. The molecule has 0 amide bonds. The Morgan fingerprint density at radius 2 is 1.69 bits per heavy atom. The maximum Gasteiger partial charge on any atom is 0.435 e. The van der Waals surface area contributed by atoms with E-state index in [-0.39, 0.29) is 5.75 Å². The van der Waals surface area contributed by atoms with Crippen LogP contribution in [-0.2, 0) is 17.4 Å². The van der Waals surface area contributed by atoms with Gasteiger partial charge in [-0.3, -0.25) is 0 Å². The molecular formula is C17H14F3N3O2S. The van der Waals surface area contributed by atoms with Gasteiger partial charge in [0, 0.05) is 5.56 Å². The molecule has 0 aliphatic heterocycles. The van der Waals surface area contributed by atoms with Crippen molar-refractivity contribution in [1.82, 2.24) is 9.78 Å². The second kappa shape index (κ2) is 6.93. The second-order valence-electron chi connectivity index (χ2n) is 5.53. The van der Waals surface area contributed by atoms with Crippen LogP contribution >= 0.6 is 0 Å². The smallest absolute Gasteiger partial charge is 0.389 e. The van der Waals surface area contributed by atoms with E-state index < -0.39 is 23.1 Å². The number of benzene rings is 2. The Morgan fingerprint density at radius 1 is 1.08 bits per heavy atom. The lowest BCUT2D eigenvalue weighted by molar-refractivity contribution is -0.141. The molecule has 0 spiro atoms. The minimum Gasteiger partial charge on any atom is -0.389 e. The number of halogens is 3. The number of alkyl halides is 3. The summed E-state index contributed by atoms with van der Waals surface area (Å²) in [6, 6.07) is 14.0. The van der Waals surface area contributed by atoms with Gasteiger partial charge < -0.3 is 4.18 Å². The summed E-state index contributed by atoms with van der Waals surface area (Å²) in [5, 5.41) is 8.75. The molecule has 9 heteroatoms. The van der Waals surface area contributed by atoms with Crippen LogP contribution in [0.3, 0.4) is 0 Å². The van der Waals surface area contributed by atoms with Crippen molar-refractivity contribution in [2.24, 2.45) is 5.14 Å². The van der Waals surface area contributed by atoms with Gasteiger partial charge in [0.05, 0.1) is 11.4 Å². The van der Waals surface area contributed by atoms with Gasteiger partial charge >= 0.3 is 6.18 Å². The van der Waals surface area contributed by atoms with Gasteiger partial charge in [-0.2, -0.15) is 22.5 Å². The summed E-state index contributed by atoms with van der Waals surface area (Å²) < 4.78 is 56.3. The van der Waals surface area contributed by atoms with E-state index in [4.69, 9.17) is 9.32 Å². The molecule has 0 aliphatic rings. The zero-order valence-electron chi connectivity index (χ0n) is 13.5. The van der Waals surface area contributed by atoms with Crippen molar-refractivity contribution >= 4 is 11.3 Å². The monoisotopic (exact) mass is 381 g/mol. The lowest BCUT2D eigenvalue weighted by atomic mass is 10.1. The van der Waals surface area contributed by atoms with E-state index in [9.17, 15) is 17.4 Å². The molecule has 26 heavy (non-hydrogen) atoms. The van der Waals surface area contributed by atoms with E-state index in [1.54, 1.807) is 12.1 Å². The molecule has 2 aromatic carbocycles. The van der Waals surface area contributed by atoms with Gasteiger partial charge in [0.15, 0.2) is 5.69 Å². The highest BCUT2D eigenvalue weighted by atomic mass is 32.2. The molecule has 136 valence electrons. The molecular weight excluding hydrogens is 367 g/mol. The summed E-state index contributed by atoms with van der Waals surface area (Å²) in [5.74, 6) is 0.231. The Hall–Kier alpha value is -2.65. The number of nitrogens with two attached hydrogens (primary N) is 1. The van der Waals surface area contributed by atoms with Gasteiger partial charge in [0.2, 0.25) is 0 Å². The number of aromatic nitrogens is 2. The van der Waals surface area contributed by atoms with Crippen molar-refractivity contribution in [1.29, 1.82) is 0 Å². The lowest BCUT2D eigenvalue weighted by Gasteiger charge is -2.09. The molecule has 0 aliphatic carbocycles. The summed E-state index contributed by atoms with van der Waals surface area (Å²) in [5.41, 5.74) is 1.30. The fourth-order valence-electron chi connectivity index (χ4n) is 2.38. The highest BCUT2D eigenvalue weighted by Crippen LogP contribution is 2.33. The molecule has 1 heterocycles. The summed E-state index contributed by atoms with van der Waals surface area (Å²) in [6.07, 6.45) is -4.57. The Balaban J connectivity index is 2.08. The van der Waals surface area contributed by atoms with Crippen molar-refractivity contribution in [3.8, 4) is 22.7 Å². The number of hydrogen-bond acceptors (Lipinski definition) is 3. The van der Waals surface area contributed by atoms with Crippen LogP contribution in [0.15, 0.2) is 54.6 Å². The fourth-order valence-corrected chi connectivity index (χ4v) is 2.68. The van der Waals surface area contributed by atoms with Crippen LogP contribution in [0.4, 0.5) is 13.2 Å². The van der Waals surface area contributed by atoms with Crippen LogP contribution in [0, 0.1) is 6.92 Å². The predicted octanol–water partition coefficient (Wildman–Crippen LogP) is 3.78. The van der Waals surface area contributed by atoms with Crippen LogP contribution in [0.25, 0.3) is 16.9 Å². The third-order valence-corrected chi connectivity index (χ3v) is 3.96. The van der Waals surface area contributed by atoms with Gasteiger partial charge in [0.25, 0.3) is 11.3 Å². The van der Waals surface area contributed by atoms with E-state index in [2.05, 4.69) is 5.10 Å². The number of rotatable bonds is 4. The fraction of sp³-hybridized carbons (Fsp3) is 0.118. The van der Waals surface area contributed by atoms with Crippen LogP contribution < -0.4 is 9.32 Å². The van der Waals surface area contributed by atoms with Gasteiger partial charge in [-0.25, -0.2) is 9.82 Å². The Labute approximate surface area is 150 Å². The van der Waals surface area contributed by atoms with E-state index in [1.807, 2.05) is 19.1 Å². The van der Waals surface area contributed by atoms with E-state index in [0.29, 0.717) is 16.9 Å². The van der Waals surface area contributed by atoms with Gasteiger partial charge in [-0.05, 0) is 37.3 Å². The minimum atomic E-state index is -4.57. The zero-order chi connectivity index (χ0) is 18.9. The van der Waals surface area contributed by atoms with Gasteiger partial charge in [-0.1, -0.05) is 29.8 Å². The Kier molecular flexibility index (Phi) is 4.84. The number of nitrogens with zero attached hydrogens (tertiary/aromatic N) is 2. The van der Waals surface area contributed by atoms with E-state index >= 15 is 0 Å². The van der Waals surface area contributed by atoms with Crippen molar-refractivity contribution in [3.63, 3.8) is 0 Å². The standard InChI is InChI=1S/C17H14F3N3O2S/c1-11-2-4-12(5-3-11)15-10-16(17(18,19)20)22-23(15)13-6-8-14(9-7-13)25-26(21)24/h2-10H,21H2,1H3. The average molecular weight is 381 g/mol. The van der Waals surface area contributed by atoms with Crippen LogP contribution in [0.5, 0.6) is 5.75 Å². The predicted molar refractivity (Wildman–Crippen MR) is 91.7 cm³/mol. The Bertz CT molecular complexity index is 935. The molecule has 1 atom stereocenters. The largest absolute Gasteiger partial charge is 0.435 e. The molecule has 0 saturated heterocycles. The quantitative estimate of drug-likeness (QED) is 0.748. The van der Waals surface area contributed by atoms with Crippen molar-refractivity contribution in [2.45, 2.75) is 13.1 Å². The summed E-state index contributed by atoms with van der Waals surface area (Å²) in [7, 11) is 0. The molecule has 1 unspecified atom stereocenters. The lowest BCUT2D eigenvalue weighted by Crippen LogP contribution is -2.10. The SMILES string of the molecule is Cc1ccc(-c2cc(C(F)(F)F)nn2-c2ccc(OS(N)=O)cc2)cc1. The first kappa shape index (κ1) is 18.2. The molecule has 0 radical (unpaired) electrons. The third kappa shape index (κ3) is 3.94. The van der Waals surface area contributed by atoms with Crippen LogP contribution in [-0.4, -0.2) is 14.0 Å². The van der Waals surface area contributed by atoms with Gasteiger partial charge in [0.1, 0.15) is 5.75 Å². The third-order valence-electron chi connectivity index (χ3n) is 3.61. The average Bonchev–Trinajstić information content (AvgIpc) is 3.01. The molecule has 3 aromatic rings. The van der Waals surface area contributed by atoms with Crippen molar-refractivity contribution < 1.29 is 21.6 Å². The topological polar surface area (TPSA) is 70.1 Å². The molecule has 0 saturated carbocycles. The van der Waals surface area contributed by atoms with E-state index in [1.165, 1.54) is 28.9 Å². The summed E-state index contributed by atoms with van der Waals surface area (Å²) >= 11 is -1.98. The molecule has 0 fully saturated rings. The van der Waals surface area contributed by atoms with Gasteiger partial charge in [-0.15, -0.1) is 0 Å². The maximum atomic E-state index is 13.1. The normalized spacial score (nSPS) is 12.8. The Morgan fingerprint density at radius 3 is 2.23 bits per heavy atom. The number of hydrogen-bond donors (Lipinski definition) is 1. The highest BCUT2D eigenvalue weighted by molar-refractivity contribution is 7.78. The van der Waals surface area contributed by atoms with Crippen molar-refractivity contribution in [3.05, 3.63) is 65.9 Å². The first-order valence-corrected chi connectivity index (χ1v) is 8.57. The molecule has 3 rings (SSSR count). The summed E-state index contributed by atoms with van der Waals surface area (Å²) in [6.45, 7) is 1.89. The zero-order valence-corrected chi connectivity index (χ0v) is 14.3. The molecule has 0 bridgehead atoms. The van der Waals surface area contributed by atoms with E-state index in [0.717, 1.165) is 11.6 Å². The van der Waals surface area contributed by atoms with Crippen LogP contribution in [0.1, 0.15) is 11.3 Å². The van der Waals surface area contributed by atoms with Crippen molar-refractivity contribution in [2.75, 3.05) is 0 Å². The molecule has 5 nitrogen and oxygen atoms in total. The molecule has 1 aromatic heterocycles. The first-order chi connectivity index (χ1) is 12.2. The second-order valence-corrected chi connectivity index (χ2v) is 6.22. The summed E-state index contributed by atoms with van der Waals surface area (Å²) in [4.78, 5) is 0. The highest BCUT2D eigenvalue weighted by Gasteiger charge is 2.35. The maximum absolute atomic E-state index is 13.1. The minimum absolute atomic E-state index is 0.231. The first-order valence-electron chi connectivity index (χ1n) is 7.43. The number of aryl methyl sites for hydroxylation is 1.